The van der Waals surface area contributed by atoms with E-state index >= 15 is 0 Å². The van der Waals surface area contributed by atoms with Gasteiger partial charge in [0.15, 0.2) is 0 Å². The van der Waals surface area contributed by atoms with Crippen LogP contribution in [0.1, 0.15) is 50.3 Å². The lowest BCUT2D eigenvalue weighted by atomic mass is 9.91. The zero-order valence-electron chi connectivity index (χ0n) is 21.0. The van der Waals surface area contributed by atoms with Gasteiger partial charge in [-0.05, 0) is 69.4 Å². The second-order valence-electron chi connectivity index (χ2n) is 10.6. The first kappa shape index (κ1) is 24.8. The van der Waals surface area contributed by atoms with E-state index in [1.807, 2.05) is 76.2 Å². The Morgan fingerprint density at radius 1 is 0.971 bits per heavy atom. The summed E-state index contributed by atoms with van der Waals surface area (Å²) in [6.45, 7) is 8.79. The molecule has 0 spiro atoms. The van der Waals surface area contributed by atoms with Gasteiger partial charge in [-0.15, -0.1) is 0 Å². The Morgan fingerprint density at radius 3 is 2.31 bits per heavy atom. The van der Waals surface area contributed by atoms with Crippen molar-refractivity contribution in [2.75, 3.05) is 18.4 Å². The summed E-state index contributed by atoms with van der Waals surface area (Å²) in [7, 11) is 0. The van der Waals surface area contributed by atoms with Crippen molar-refractivity contribution >= 4 is 23.6 Å². The summed E-state index contributed by atoms with van der Waals surface area (Å²) in [5, 5.41) is 3.00. The molecule has 0 aliphatic carbocycles. The fraction of sp³-hybridized carbons (Fsp3) is 0.464. The van der Waals surface area contributed by atoms with Gasteiger partial charge >= 0.3 is 6.09 Å². The molecule has 2 aliphatic rings. The number of carbonyl (C=O) groups is 3. The number of fused-ring (bicyclic) bond motifs is 1. The third-order valence-electron chi connectivity index (χ3n) is 6.62. The summed E-state index contributed by atoms with van der Waals surface area (Å²) in [5.41, 5.74) is 3.35. The Labute approximate surface area is 207 Å². The van der Waals surface area contributed by atoms with Gasteiger partial charge < -0.3 is 15.0 Å². The van der Waals surface area contributed by atoms with E-state index in [1.165, 1.54) is 0 Å². The summed E-state index contributed by atoms with van der Waals surface area (Å²) in [6, 6.07) is 15.0. The van der Waals surface area contributed by atoms with Gasteiger partial charge in [0.1, 0.15) is 11.6 Å². The van der Waals surface area contributed by atoms with E-state index in [1.54, 1.807) is 9.80 Å². The average molecular weight is 478 g/mol. The number of anilines is 1. The summed E-state index contributed by atoms with van der Waals surface area (Å²) in [6.07, 6.45) is 1.18. The van der Waals surface area contributed by atoms with Crippen LogP contribution in [-0.2, 0) is 27.3 Å². The highest BCUT2D eigenvalue weighted by Gasteiger charge is 2.40. The van der Waals surface area contributed by atoms with Crippen LogP contribution >= 0.6 is 0 Å². The van der Waals surface area contributed by atoms with Gasteiger partial charge in [0.05, 0.1) is 6.54 Å². The minimum Gasteiger partial charge on any atom is -0.444 e. The van der Waals surface area contributed by atoms with Crippen molar-refractivity contribution in [3.63, 3.8) is 0 Å². The molecule has 7 heteroatoms. The Balaban J connectivity index is 1.42. The van der Waals surface area contributed by atoms with E-state index in [0.717, 1.165) is 22.4 Å². The minimum absolute atomic E-state index is 0.00956. The van der Waals surface area contributed by atoms with Gasteiger partial charge in [-0.3, -0.25) is 14.5 Å². The summed E-state index contributed by atoms with van der Waals surface area (Å²) in [4.78, 5) is 42.8. The van der Waals surface area contributed by atoms with Crippen LogP contribution < -0.4 is 5.32 Å². The molecule has 35 heavy (non-hydrogen) atoms. The van der Waals surface area contributed by atoms with Crippen LogP contribution in [0, 0.1) is 12.8 Å². The van der Waals surface area contributed by atoms with E-state index in [4.69, 9.17) is 4.74 Å². The van der Waals surface area contributed by atoms with E-state index < -0.39 is 17.7 Å². The van der Waals surface area contributed by atoms with Crippen molar-refractivity contribution < 1.29 is 19.1 Å². The second-order valence-corrected chi connectivity index (χ2v) is 10.6. The van der Waals surface area contributed by atoms with Gasteiger partial charge in [-0.1, -0.05) is 36.4 Å². The smallest absolute Gasteiger partial charge is 0.411 e. The van der Waals surface area contributed by atoms with Crippen molar-refractivity contribution in [1.29, 1.82) is 0 Å². The third kappa shape index (κ3) is 6.02. The van der Waals surface area contributed by atoms with E-state index in [0.29, 0.717) is 38.9 Å². The van der Waals surface area contributed by atoms with E-state index in [-0.39, 0.29) is 17.7 Å². The van der Waals surface area contributed by atoms with Crippen LogP contribution in [0.3, 0.4) is 0 Å². The number of amides is 3. The van der Waals surface area contributed by atoms with Gasteiger partial charge in [-0.25, -0.2) is 4.79 Å². The largest absolute Gasteiger partial charge is 0.444 e. The number of hydrogen-bond acceptors (Lipinski definition) is 4. The molecule has 7 nitrogen and oxygen atoms in total. The number of hydrogen-bond donors (Lipinski definition) is 1. The first-order chi connectivity index (χ1) is 16.6. The molecule has 2 aromatic carbocycles. The molecule has 0 bridgehead atoms. The Morgan fingerprint density at radius 2 is 1.66 bits per heavy atom. The Hall–Kier alpha value is -3.35. The maximum absolute atomic E-state index is 13.6. The molecule has 1 atom stereocenters. The second kappa shape index (κ2) is 10.1. The molecule has 1 unspecified atom stereocenters. The summed E-state index contributed by atoms with van der Waals surface area (Å²) < 4.78 is 5.64. The average Bonchev–Trinajstić information content (AvgIpc) is 2.82. The number of carbonyl (C=O) groups excluding carboxylic acids is 3. The van der Waals surface area contributed by atoms with Crippen molar-refractivity contribution in [3.05, 3.63) is 65.2 Å². The highest BCUT2D eigenvalue weighted by molar-refractivity contribution is 5.93. The topological polar surface area (TPSA) is 79.0 Å². The van der Waals surface area contributed by atoms with E-state index in [9.17, 15) is 14.4 Å². The predicted octanol–water partition coefficient (Wildman–Crippen LogP) is 4.53. The Bertz CT molecular complexity index is 1100. The van der Waals surface area contributed by atoms with Crippen LogP contribution in [0.25, 0.3) is 0 Å². The lowest BCUT2D eigenvalue weighted by molar-refractivity contribution is -0.140. The van der Waals surface area contributed by atoms with Gasteiger partial charge in [-0.2, -0.15) is 0 Å². The molecule has 1 N–H and O–H groups in total. The molecule has 3 amide bonds. The summed E-state index contributed by atoms with van der Waals surface area (Å²) >= 11 is 0. The van der Waals surface area contributed by atoms with E-state index in [2.05, 4.69) is 5.32 Å². The third-order valence-corrected chi connectivity index (χ3v) is 6.62. The number of benzene rings is 2. The zero-order chi connectivity index (χ0) is 25.2. The minimum atomic E-state index is -0.648. The lowest BCUT2D eigenvalue weighted by Gasteiger charge is -2.40. The Kier molecular flexibility index (Phi) is 7.15. The molecule has 1 fully saturated rings. The molecule has 2 aromatic rings. The molecular formula is C28H35N3O4. The fourth-order valence-corrected chi connectivity index (χ4v) is 4.80. The molecule has 0 radical (unpaired) electrons. The maximum atomic E-state index is 13.6. The molecule has 0 aromatic heterocycles. The molecule has 4 rings (SSSR count). The van der Waals surface area contributed by atoms with Gasteiger partial charge in [0, 0.05) is 31.1 Å². The quantitative estimate of drug-likeness (QED) is 0.704. The van der Waals surface area contributed by atoms with Crippen molar-refractivity contribution in [2.24, 2.45) is 5.92 Å². The first-order valence-corrected chi connectivity index (χ1v) is 12.3. The highest BCUT2D eigenvalue weighted by Crippen LogP contribution is 2.28. The molecule has 2 heterocycles. The van der Waals surface area contributed by atoms with Crippen LogP contribution in [0.4, 0.5) is 10.5 Å². The molecular weight excluding hydrogens is 442 g/mol. The number of nitrogens with zero attached hydrogens (tertiary/aromatic N) is 2. The van der Waals surface area contributed by atoms with Crippen molar-refractivity contribution in [3.8, 4) is 0 Å². The maximum Gasteiger partial charge on any atom is 0.411 e. The lowest BCUT2D eigenvalue weighted by Crippen LogP contribution is -2.56. The molecule has 1 saturated heterocycles. The van der Waals surface area contributed by atoms with Gasteiger partial charge in [0.2, 0.25) is 11.8 Å². The molecule has 0 saturated carbocycles. The number of piperidine rings is 1. The van der Waals surface area contributed by atoms with Crippen LogP contribution in [-0.4, -0.2) is 52.4 Å². The van der Waals surface area contributed by atoms with Gasteiger partial charge in [0.25, 0.3) is 0 Å². The fourth-order valence-electron chi connectivity index (χ4n) is 4.80. The normalized spacial score (nSPS) is 18.6. The first-order valence-electron chi connectivity index (χ1n) is 12.3. The van der Waals surface area contributed by atoms with Crippen LogP contribution in [0.5, 0.6) is 0 Å². The predicted molar refractivity (Wildman–Crippen MR) is 135 cm³/mol. The zero-order valence-corrected chi connectivity index (χ0v) is 21.0. The number of likely N-dealkylation sites (tertiary alicyclic amines) is 1. The number of nitrogens with one attached hydrogen (secondary N) is 1. The van der Waals surface area contributed by atoms with Crippen LogP contribution in [0.15, 0.2) is 48.5 Å². The van der Waals surface area contributed by atoms with Crippen LogP contribution in [0.2, 0.25) is 0 Å². The molecule has 2 aliphatic heterocycles. The highest BCUT2D eigenvalue weighted by atomic mass is 16.6. The van der Waals surface area contributed by atoms with Crippen molar-refractivity contribution in [1.82, 2.24) is 9.80 Å². The van der Waals surface area contributed by atoms with Crippen molar-refractivity contribution in [2.45, 2.75) is 65.1 Å². The summed E-state index contributed by atoms with van der Waals surface area (Å²) in [5.74, 6) is -0.235. The number of rotatable bonds is 3. The monoisotopic (exact) mass is 477 g/mol. The molecule has 186 valence electrons. The number of aryl methyl sites for hydroxylation is 1. The number of ether oxygens (including phenoxy) is 1. The SMILES string of the molecule is Cc1cccc(NC(=O)C2CCN(C(=O)C3Cc4ccccc4CN3C(=O)OC(C)(C)C)CC2)c1. The standard InChI is InChI=1S/C28H35N3O4/c1-19-8-7-11-23(16-19)29-25(32)20-12-14-30(15-13-20)26(33)24-17-21-9-5-6-10-22(21)18-31(24)27(34)35-28(2,3)4/h5-11,16,20,24H,12-15,17-18H2,1-4H3,(H,29,32).